The summed E-state index contributed by atoms with van der Waals surface area (Å²) in [5.74, 6) is -0.381. The van der Waals surface area contributed by atoms with Gasteiger partial charge in [-0.25, -0.2) is 0 Å². The fourth-order valence-corrected chi connectivity index (χ4v) is 2.02. The molecule has 7 nitrogen and oxygen atoms in total. The molecule has 0 saturated carbocycles. The van der Waals surface area contributed by atoms with Gasteiger partial charge in [0.15, 0.2) is 5.75 Å². The van der Waals surface area contributed by atoms with E-state index in [1.54, 1.807) is 31.2 Å². The van der Waals surface area contributed by atoms with Crippen molar-refractivity contribution in [3.05, 3.63) is 63.7 Å². The van der Waals surface area contributed by atoms with Crippen LogP contribution >= 0.6 is 0 Å². The average Bonchev–Trinajstić information content (AvgIpc) is 2.54. The first-order valence-electron chi connectivity index (χ1n) is 6.84. The van der Waals surface area contributed by atoms with E-state index in [1.165, 1.54) is 25.3 Å². The normalized spacial score (nSPS) is 11.6. The lowest BCUT2D eigenvalue weighted by Gasteiger charge is -2.09. The molecule has 2 rings (SSSR count). The van der Waals surface area contributed by atoms with E-state index in [-0.39, 0.29) is 17.0 Å². The van der Waals surface area contributed by atoms with Crippen LogP contribution in [0.2, 0.25) is 0 Å². The first-order chi connectivity index (χ1) is 10.9. The van der Waals surface area contributed by atoms with Gasteiger partial charge in [-0.2, -0.15) is 0 Å². The van der Waals surface area contributed by atoms with Crippen LogP contribution in [0.25, 0.3) is 0 Å². The molecule has 0 aliphatic rings. The number of methoxy groups -OCH3 is 1. The Balaban J connectivity index is 2.20. The van der Waals surface area contributed by atoms with Gasteiger partial charge in [0, 0.05) is 17.3 Å². The van der Waals surface area contributed by atoms with Gasteiger partial charge in [-0.15, -0.1) is 0 Å². The number of benzene rings is 2. The lowest BCUT2D eigenvalue weighted by atomic mass is 10.1. The van der Waals surface area contributed by atoms with Crippen LogP contribution in [-0.2, 0) is 0 Å². The molecule has 0 bridgehead atoms. The van der Waals surface area contributed by atoms with Gasteiger partial charge in [-0.1, -0.05) is 12.1 Å². The predicted octanol–water partition coefficient (Wildman–Crippen LogP) is 2.91. The number of nitro benzene ring substituents is 1. The number of carbonyl (C=O) groups excluding carboxylic acids is 1. The number of rotatable bonds is 5. The minimum absolute atomic E-state index is 0.0906. The number of aliphatic hydroxyl groups is 1. The summed E-state index contributed by atoms with van der Waals surface area (Å²) in [4.78, 5) is 22.6. The molecule has 0 unspecified atom stereocenters. The van der Waals surface area contributed by atoms with Gasteiger partial charge in [0.05, 0.1) is 18.1 Å². The molecule has 23 heavy (non-hydrogen) atoms. The minimum atomic E-state index is -0.604. The quantitative estimate of drug-likeness (QED) is 0.652. The SMILES string of the molecule is COc1ccc(C(=O)Nc2ccc([C@H](C)O)cc2)cc1[N+](=O)[O-]. The lowest BCUT2D eigenvalue weighted by Crippen LogP contribution is -2.12. The molecule has 0 radical (unpaired) electrons. The maximum atomic E-state index is 12.2. The van der Waals surface area contributed by atoms with Gasteiger partial charge in [0.1, 0.15) is 0 Å². The number of carbonyl (C=O) groups is 1. The second kappa shape index (κ2) is 6.89. The molecule has 2 N–H and O–H groups in total. The number of aliphatic hydroxyl groups excluding tert-OH is 1. The summed E-state index contributed by atoms with van der Waals surface area (Å²) in [5.41, 5.74) is 1.13. The van der Waals surface area contributed by atoms with Crippen LogP contribution in [0, 0.1) is 10.1 Å². The maximum absolute atomic E-state index is 12.2. The number of nitro groups is 1. The highest BCUT2D eigenvalue weighted by atomic mass is 16.6. The summed E-state index contributed by atoms with van der Waals surface area (Å²) in [6.07, 6.45) is -0.594. The van der Waals surface area contributed by atoms with Crippen LogP contribution in [-0.4, -0.2) is 23.0 Å². The number of amides is 1. The number of nitrogens with zero attached hydrogens (tertiary/aromatic N) is 1. The molecule has 0 heterocycles. The van der Waals surface area contributed by atoms with Gasteiger partial charge < -0.3 is 15.2 Å². The molecule has 1 atom stereocenters. The topological polar surface area (TPSA) is 102 Å². The van der Waals surface area contributed by atoms with Crippen molar-refractivity contribution in [1.82, 2.24) is 0 Å². The third-order valence-corrected chi connectivity index (χ3v) is 3.29. The summed E-state index contributed by atoms with van der Waals surface area (Å²) >= 11 is 0. The average molecular weight is 316 g/mol. The Morgan fingerprint density at radius 2 is 1.91 bits per heavy atom. The summed E-state index contributed by atoms with van der Waals surface area (Å²) in [6.45, 7) is 1.64. The fraction of sp³-hybridized carbons (Fsp3) is 0.188. The molecule has 1 amide bonds. The third kappa shape index (κ3) is 3.83. The highest BCUT2D eigenvalue weighted by Gasteiger charge is 2.18. The largest absolute Gasteiger partial charge is 0.490 e. The number of hydrogen-bond donors (Lipinski definition) is 2. The molecule has 0 spiro atoms. The van der Waals surface area contributed by atoms with Crippen LogP contribution < -0.4 is 10.1 Å². The second-order valence-corrected chi connectivity index (χ2v) is 4.90. The summed E-state index contributed by atoms with van der Waals surface area (Å²) in [5, 5.41) is 23.1. The van der Waals surface area contributed by atoms with E-state index in [0.717, 1.165) is 5.56 Å². The smallest absolute Gasteiger partial charge is 0.311 e. The van der Waals surface area contributed by atoms with Gasteiger partial charge in [0.2, 0.25) is 0 Å². The lowest BCUT2D eigenvalue weighted by molar-refractivity contribution is -0.385. The molecule has 0 aromatic heterocycles. The van der Waals surface area contributed by atoms with E-state index in [2.05, 4.69) is 5.32 Å². The molecule has 2 aromatic rings. The Labute approximate surface area is 132 Å². The Morgan fingerprint density at radius 1 is 1.26 bits per heavy atom. The van der Waals surface area contributed by atoms with Gasteiger partial charge in [-0.05, 0) is 36.8 Å². The van der Waals surface area contributed by atoms with Crippen molar-refractivity contribution in [1.29, 1.82) is 0 Å². The van der Waals surface area contributed by atoms with E-state index < -0.39 is 16.9 Å². The molecule has 7 heteroatoms. The summed E-state index contributed by atoms with van der Waals surface area (Å²) in [7, 11) is 1.33. The molecular weight excluding hydrogens is 300 g/mol. The Bertz CT molecular complexity index is 726. The highest BCUT2D eigenvalue weighted by Crippen LogP contribution is 2.28. The molecule has 0 saturated heterocycles. The Morgan fingerprint density at radius 3 is 2.43 bits per heavy atom. The van der Waals surface area contributed by atoms with Crippen LogP contribution in [0.5, 0.6) is 5.75 Å². The van der Waals surface area contributed by atoms with Gasteiger partial charge in [0.25, 0.3) is 5.91 Å². The number of nitrogens with one attached hydrogen (secondary N) is 1. The first-order valence-corrected chi connectivity index (χ1v) is 6.84. The Kier molecular flexibility index (Phi) is 4.92. The van der Waals surface area contributed by atoms with E-state index in [4.69, 9.17) is 4.74 Å². The fourth-order valence-electron chi connectivity index (χ4n) is 2.02. The van der Waals surface area contributed by atoms with E-state index in [1.807, 2.05) is 0 Å². The molecule has 0 fully saturated rings. The predicted molar refractivity (Wildman–Crippen MR) is 84.7 cm³/mol. The van der Waals surface area contributed by atoms with Gasteiger partial charge in [-0.3, -0.25) is 14.9 Å². The van der Waals surface area contributed by atoms with Crippen molar-refractivity contribution < 1.29 is 19.6 Å². The highest BCUT2D eigenvalue weighted by molar-refractivity contribution is 6.04. The first kappa shape index (κ1) is 16.4. The summed E-state index contributed by atoms with van der Waals surface area (Å²) < 4.78 is 4.90. The standard InChI is InChI=1S/C16H16N2O5/c1-10(19)11-3-6-13(7-4-11)17-16(20)12-5-8-15(23-2)14(9-12)18(21)22/h3-10,19H,1-2H3,(H,17,20)/t10-/m0/s1. The maximum Gasteiger partial charge on any atom is 0.311 e. The van der Waals surface area contributed by atoms with Crippen LogP contribution in [0.3, 0.4) is 0 Å². The minimum Gasteiger partial charge on any atom is -0.490 e. The van der Waals surface area contributed by atoms with Crippen LogP contribution in [0.4, 0.5) is 11.4 Å². The van der Waals surface area contributed by atoms with Crippen molar-refractivity contribution >= 4 is 17.3 Å². The summed E-state index contributed by atoms with van der Waals surface area (Å²) in [6, 6.07) is 10.7. The van der Waals surface area contributed by atoms with Crippen LogP contribution in [0.1, 0.15) is 28.9 Å². The third-order valence-electron chi connectivity index (χ3n) is 3.29. The molecule has 2 aromatic carbocycles. The number of anilines is 1. The van der Waals surface area contributed by atoms with Gasteiger partial charge >= 0.3 is 5.69 Å². The second-order valence-electron chi connectivity index (χ2n) is 4.90. The van der Waals surface area contributed by atoms with Crippen molar-refractivity contribution in [2.75, 3.05) is 12.4 Å². The van der Waals surface area contributed by atoms with Crippen molar-refractivity contribution in [3.8, 4) is 5.75 Å². The van der Waals surface area contributed by atoms with Crippen molar-refractivity contribution in [2.45, 2.75) is 13.0 Å². The number of ether oxygens (including phenoxy) is 1. The zero-order valence-corrected chi connectivity index (χ0v) is 12.6. The van der Waals surface area contributed by atoms with Crippen LogP contribution in [0.15, 0.2) is 42.5 Å². The zero-order valence-electron chi connectivity index (χ0n) is 12.6. The Hall–Kier alpha value is -2.93. The van der Waals surface area contributed by atoms with Crippen molar-refractivity contribution in [3.63, 3.8) is 0 Å². The van der Waals surface area contributed by atoms with E-state index in [9.17, 15) is 20.0 Å². The number of hydrogen-bond acceptors (Lipinski definition) is 5. The van der Waals surface area contributed by atoms with Crippen molar-refractivity contribution in [2.24, 2.45) is 0 Å². The van der Waals surface area contributed by atoms with E-state index in [0.29, 0.717) is 5.69 Å². The molecule has 120 valence electrons. The van der Waals surface area contributed by atoms with E-state index >= 15 is 0 Å². The monoisotopic (exact) mass is 316 g/mol. The molecule has 0 aliphatic carbocycles. The molecular formula is C16H16N2O5. The zero-order chi connectivity index (χ0) is 17.0. The molecule has 0 aliphatic heterocycles.